The van der Waals surface area contributed by atoms with Gasteiger partial charge in [-0.15, -0.1) is 0 Å². The number of hydrogen-bond donors (Lipinski definition) is 3. The van der Waals surface area contributed by atoms with Crippen LogP contribution in [0.15, 0.2) is 17.2 Å². The highest BCUT2D eigenvalue weighted by atomic mass is 32.2. The van der Waals surface area contributed by atoms with Gasteiger partial charge in [-0.05, 0) is 6.07 Å². The van der Waals surface area contributed by atoms with E-state index in [-0.39, 0.29) is 10.6 Å². The Morgan fingerprint density at radius 2 is 2.06 bits per heavy atom. The second-order valence-electron chi connectivity index (χ2n) is 3.47. The smallest absolute Gasteiger partial charge is 0.318 e. The number of nitrogens with one attached hydrogen (secondary N) is 2. The second-order valence-corrected chi connectivity index (χ2v) is 5.24. The van der Waals surface area contributed by atoms with Gasteiger partial charge in [0.1, 0.15) is 17.1 Å². The second kappa shape index (κ2) is 5.19. The molecule has 0 saturated carbocycles. The van der Waals surface area contributed by atoms with Gasteiger partial charge in [-0.25, -0.2) is 8.42 Å². The van der Waals surface area contributed by atoms with Crippen molar-refractivity contribution in [2.75, 3.05) is 13.6 Å². The summed E-state index contributed by atoms with van der Waals surface area (Å²) in [5, 5.41) is 10.8. The molecule has 0 aliphatic carbocycles. The highest BCUT2D eigenvalue weighted by molar-refractivity contribution is 7.89. The van der Waals surface area contributed by atoms with Crippen LogP contribution in [0.2, 0.25) is 0 Å². The van der Waals surface area contributed by atoms with Crippen LogP contribution in [0.25, 0.3) is 0 Å². The van der Waals surface area contributed by atoms with E-state index >= 15 is 0 Å². The van der Waals surface area contributed by atoms with Gasteiger partial charge in [-0.1, -0.05) is 0 Å². The van der Waals surface area contributed by atoms with Crippen LogP contribution in [0, 0.1) is 0 Å². The van der Waals surface area contributed by atoms with Gasteiger partial charge in [0.2, 0.25) is 10.0 Å². The van der Waals surface area contributed by atoms with Crippen molar-refractivity contribution in [2.45, 2.75) is 4.90 Å². The molecule has 1 heterocycles. The maximum atomic E-state index is 11.7. The number of nitrogens with zero attached hydrogens (tertiary/aromatic N) is 1. The standard InChI is InChI=1S/C9H13N3O5S/c1-10-9(15)7-3-6(5-12(7)2)18(16,17)11-4-8(13)14/h3,5,11H,4H2,1-2H3,(H,10,15)(H,13,14). The third-order valence-electron chi connectivity index (χ3n) is 2.16. The number of carbonyl (C=O) groups is 2. The molecule has 9 heteroatoms. The van der Waals surface area contributed by atoms with Crippen LogP contribution in [-0.4, -0.2) is 43.6 Å². The number of aromatic nitrogens is 1. The van der Waals surface area contributed by atoms with Crippen molar-refractivity contribution in [2.24, 2.45) is 7.05 Å². The molecule has 0 spiro atoms. The van der Waals surface area contributed by atoms with Crippen LogP contribution >= 0.6 is 0 Å². The van der Waals surface area contributed by atoms with Gasteiger partial charge >= 0.3 is 5.97 Å². The Hall–Kier alpha value is -1.87. The molecule has 1 rings (SSSR count). The van der Waals surface area contributed by atoms with Gasteiger partial charge in [-0.3, -0.25) is 9.59 Å². The van der Waals surface area contributed by atoms with Crippen LogP contribution in [-0.2, 0) is 21.9 Å². The first-order valence-corrected chi connectivity index (χ1v) is 6.36. The zero-order chi connectivity index (χ0) is 13.9. The molecule has 1 amide bonds. The Labute approximate surface area is 104 Å². The Morgan fingerprint density at radius 3 is 2.56 bits per heavy atom. The number of carboxylic acids is 1. The lowest BCUT2D eigenvalue weighted by molar-refractivity contribution is -0.135. The zero-order valence-corrected chi connectivity index (χ0v) is 10.6. The van der Waals surface area contributed by atoms with Crippen molar-refractivity contribution in [3.63, 3.8) is 0 Å². The zero-order valence-electron chi connectivity index (χ0n) is 9.80. The summed E-state index contributed by atoms with van der Waals surface area (Å²) >= 11 is 0. The van der Waals surface area contributed by atoms with Crippen molar-refractivity contribution >= 4 is 21.9 Å². The first-order valence-electron chi connectivity index (χ1n) is 4.88. The van der Waals surface area contributed by atoms with Gasteiger partial charge in [0.25, 0.3) is 5.91 Å². The molecule has 0 bridgehead atoms. The fourth-order valence-corrected chi connectivity index (χ4v) is 2.32. The molecule has 0 aliphatic rings. The van der Waals surface area contributed by atoms with Crippen LogP contribution in [0.5, 0.6) is 0 Å². The Morgan fingerprint density at radius 1 is 1.44 bits per heavy atom. The van der Waals surface area contributed by atoms with E-state index in [2.05, 4.69) is 5.32 Å². The maximum Gasteiger partial charge on any atom is 0.318 e. The lowest BCUT2D eigenvalue weighted by atomic mass is 10.4. The van der Waals surface area contributed by atoms with E-state index in [9.17, 15) is 18.0 Å². The third-order valence-corrected chi connectivity index (χ3v) is 3.53. The minimum absolute atomic E-state index is 0.160. The third kappa shape index (κ3) is 3.08. The topological polar surface area (TPSA) is 118 Å². The van der Waals surface area contributed by atoms with Crippen molar-refractivity contribution in [3.05, 3.63) is 18.0 Å². The summed E-state index contributed by atoms with van der Waals surface area (Å²) in [5.74, 6) is -1.72. The average molecular weight is 275 g/mol. The van der Waals surface area contributed by atoms with Gasteiger partial charge in [0, 0.05) is 20.3 Å². The fourth-order valence-electron chi connectivity index (χ4n) is 1.28. The van der Waals surface area contributed by atoms with E-state index in [1.54, 1.807) is 0 Å². The number of aliphatic carboxylic acids is 1. The molecule has 8 nitrogen and oxygen atoms in total. The molecule has 1 aromatic rings. The quantitative estimate of drug-likeness (QED) is 0.620. The predicted molar refractivity (Wildman–Crippen MR) is 61.6 cm³/mol. The molecule has 0 radical (unpaired) electrons. The Balaban J connectivity index is 3.04. The Kier molecular flexibility index (Phi) is 4.09. The highest BCUT2D eigenvalue weighted by Gasteiger charge is 2.20. The van der Waals surface area contributed by atoms with Crippen LogP contribution in [0.4, 0.5) is 0 Å². The molecule has 3 N–H and O–H groups in total. The van der Waals surface area contributed by atoms with E-state index in [4.69, 9.17) is 5.11 Å². The van der Waals surface area contributed by atoms with Crippen LogP contribution in [0.3, 0.4) is 0 Å². The normalized spacial score (nSPS) is 11.2. The predicted octanol–water partition coefficient (Wildman–Crippen LogP) is -1.25. The van der Waals surface area contributed by atoms with Gasteiger partial charge in [0.05, 0.1) is 0 Å². The number of carbonyl (C=O) groups excluding carboxylic acids is 1. The first-order chi connectivity index (χ1) is 8.27. The van der Waals surface area contributed by atoms with Gasteiger partial charge in [0.15, 0.2) is 0 Å². The molecule has 0 saturated heterocycles. The minimum Gasteiger partial charge on any atom is -0.480 e. The highest BCUT2D eigenvalue weighted by Crippen LogP contribution is 2.13. The summed E-state index contributed by atoms with van der Waals surface area (Å²) in [6.45, 7) is -0.716. The van der Waals surface area contributed by atoms with Gasteiger partial charge < -0.3 is 15.0 Å². The molecule has 100 valence electrons. The number of sulfonamides is 1. The van der Waals surface area contributed by atoms with E-state index in [0.29, 0.717) is 0 Å². The lowest BCUT2D eigenvalue weighted by Crippen LogP contribution is -2.29. The lowest BCUT2D eigenvalue weighted by Gasteiger charge is -2.00. The average Bonchev–Trinajstić information content (AvgIpc) is 2.68. The fraction of sp³-hybridized carbons (Fsp3) is 0.333. The number of rotatable bonds is 5. The van der Waals surface area contributed by atoms with Crippen molar-refractivity contribution in [3.8, 4) is 0 Å². The molecular formula is C9H13N3O5S. The SMILES string of the molecule is CNC(=O)c1cc(S(=O)(=O)NCC(=O)O)cn1C. The molecule has 0 aliphatic heterocycles. The molecule has 0 atom stereocenters. The van der Waals surface area contributed by atoms with E-state index < -0.39 is 28.4 Å². The van der Waals surface area contributed by atoms with Crippen molar-refractivity contribution < 1.29 is 23.1 Å². The number of amides is 1. The Bertz CT molecular complexity index is 575. The number of carboxylic acid groups (broad SMARTS) is 1. The van der Waals surface area contributed by atoms with E-state index in [0.717, 1.165) is 0 Å². The maximum absolute atomic E-state index is 11.7. The van der Waals surface area contributed by atoms with Crippen LogP contribution < -0.4 is 10.0 Å². The van der Waals surface area contributed by atoms with Crippen LogP contribution in [0.1, 0.15) is 10.5 Å². The monoisotopic (exact) mass is 275 g/mol. The van der Waals surface area contributed by atoms with Gasteiger partial charge in [-0.2, -0.15) is 4.72 Å². The first kappa shape index (κ1) is 14.2. The molecule has 1 aromatic heterocycles. The summed E-state index contributed by atoms with van der Waals surface area (Å²) in [4.78, 5) is 21.5. The van der Waals surface area contributed by atoms with E-state index in [1.807, 2.05) is 4.72 Å². The number of aryl methyl sites for hydroxylation is 1. The summed E-state index contributed by atoms with van der Waals surface area (Å²) in [6, 6.07) is 1.17. The molecular weight excluding hydrogens is 262 g/mol. The largest absolute Gasteiger partial charge is 0.480 e. The minimum atomic E-state index is -3.93. The molecule has 0 aromatic carbocycles. The van der Waals surface area contributed by atoms with Crippen molar-refractivity contribution in [1.29, 1.82) is 0 Å². The summed E-state index contributed by atoms with van der Waals surface area (Å²) in [6.07, 6.45) is 1.23. The summed E-state index contributed by atoms with van der Waals surface area (Å²) in [5.41, 5.74) is 0.160. The summed E-state index contributed by atoms with van der Waals surface area (Å²) < 4.78 is 26.6. The molecule has 0 unspecified atom stereocenters. The van der Waals surface area contributed by atoms with Crippen molar-refractivity contribution in [1.82, 2.24) is 14.6 Å². The molecule has 18 heavy (non-hydrogen) atoms. The van der Waals surface area contributed by atoms with E-state index in [1.165, 1.54) is 30.9 Å². The molecule has 0 fully saturated rings. The number of hydrogen-bond acceptors (Lipinski definition) is 4. The summed E-state index contributed by atoms with van der Waals surface area (Å²) in [7, 11) is -0.993.